The molecule has 36 heavy (non-hydrogen) atoms. The molecule has 2 aromatic heterocycles. The number of fused-ring (bicyclic) bond motifs is 2. The number of primary amides is 1. The second-order valence-electron chi connectivity index (χ2n) is 7.86. The molecule has 0 bridgehead atoms. The summed E-state index contributed by atoms with van der Waals surface area (Å²) < 4.78 is 1.83. The third kappa shape index (κ3) is 3.86. The maximum absolute atomic E-state index is 13.4. The number of nitrogens with two attached hydrogens (primary N) is 1. The van der Waals surface area contributed by atoms with E-state index in [1.165, 1.54) is 5.01 Å². The third-order valence-corrected chi connectivity index (χ3v) is 10.5. The molecule has 180 valence electrons. The molecule has 0 spiro atoms. The predicted molar refractivity (Wildman–Crippen MR) is 144 cm³/mol. The number of carbonyl (C=O) groups excluding carboxylic acids is 2. The first-order chi connectivity index (χ1) is 17.4. The fraction of sp³-hybridized carbons (Fsp3) is 0.130. The first kappa shape index (κ1) is 23.4. The van der Waals surface area contributed by atoms with E-state index in [4.69, 9.17) is 5.73 Å². The predicted octanol–water partition coefficient (Wildman–Crippen LogP) is 3.28. The van der Waals surface area contributed by atoms with Gasteiger partial charge in [-0.1, -0.05) is 67.0 Å². The summed E-state index contributed by atoms with van der Waals surface area (Å²) in [5, 5.41) is 13.9. The number of rotatable bonds is 4. The Morgan fingerprint density at radius 2 is 1.67 bits per heavy atom. The fourth-order valence-electron chi connectivity index (χ4n) is 3.86. The van der Waals surface area contributed by atoms with Crippen molar-refractivity contribution >= 4 is 81.3 Å². The molecular formula is C23H17N7O2S4. The highest BCUT2D eigenvalue weighted by Crippen LogP contribution is 2.59. The Kier molecular flexibility index (Phi) is 5.94. The van der Waals surface area contributed by atoms with Crippen LogP contribution in [0.15, 0.2) is 65.1 Å². The van der Waals surface area contributed by atoms with Crippen LogP contribution in [0.1, 0.15) is 30.3 Å². The molecule has 3 N–H and O–H groups in total. The van der Waals surface area contributed by atoms with E-state index >= 15 is 0 Å². The summed E-state index contributed by atoms with van der Waals surface area (Å²) in [4.78, 5) is 37.9. The summed E-state index contributed by atoms with van der Waals surface area (Å²) in [7, 11) is 0. The van der Waals surface area contributed by atoms with Crippen molar-refractivity contribution in [3.8, 4) is 0 Å². The fourth-order valence-corrected chi connectivity index (χ4v) is 9.32. The van der Waals surface area contributed by atoms with Crippen LogP contribution in [0, 0.1) is 0 Å². The molecule has 13 heteroatoms. The van der Waals surface area contributed by atoms with Crippen molar-refractivity contribution in [2.45, 2.75) is 39.3 Å². The lowest BCUT2D eigenvalue weighted by atomic mass is 10.1. The summed E-state index contributed by atoms with van der Waals surface area (Å²) in [6.45, 7) is 6.03. The SMILES string of the molecule is C=c1[nH]nc(C(N)=O)c1=C1Sc2cc3c(cc2S1)SC(=C1C(=O)N(c2ncccn2)N=C1CCC)S3. The average Bonchev–Trinajstić information content (AvgIpc) is 3.61. The number of anilines is 1. The first-order valence-corrected chi connectivity index (χ1v) is 14.1. The molecule has 0 saturated heterocycles. The highest BCUT2D eigenvalue weighted by atomic mass is 32.2. The minimum atomic E-state index is -0.591. The van der Waals surface area contributed by atoms with E-state index in [0.717, 1.165) is 40.2 Å². The summed E-state index contributed by atoms with van der Waals surface area (Å²) in [6.07, 6.45) is 4.75. The van der Waals surface area contributed by atoms with Gasteiger partial charge in [0.15, 0.2) is 5.69 Å². The quantitative estimate of drug-likeness (QED) is 0.469. The highest BCUT2D eigenvalue weighted by molar-refractivity contribution is 8.32. The molecule has 0 radical (unpaired) electrons. The van der Waals surface area contributed by atoms with E-state index < -0.39 is 5.91 Å². The molecule has 1 aromatic carbocycles. The number of nitrogens with zero attached hydrogens (tertiary/aromatic N) is 5. The van der Waals surface area contributed by atoms with Crippen molar-refractivity contribution in [3.63, 3.8) is 0 Å². The number of aromatic amines is 1. The molecule has 0 saturated carbocycles. The van der Waals surface area contributed by atoms with Gasteiger partial charge in [0.1, 0.15) is 0 Å². The minimum Gasteiger partial charge on any atom is -0.364 e. The zero-order valence-corrected chi connectivity index (χ0v) is 22.0. The van der Waals surface area contributed by atoms with Gasteiger partial charge in [0, 0.05) is 32.0 Å². The molecule has 3 aliphatic rings. The lowest BCUT2D eigenvalue weighted by Crippen LogP contribution is -2.29. The zero-order chi connectivity index (χ0) is 25.0. The van der Waals surface area contributed by atoms with E-state index in [-0.39, 0.29) is 17.5 Å². The summed E-state index contributed by atoms with van der Waals surface area (Å²) in [6, 6.07) is 5.96. The molecule has 0 aliphatic carbocycles. The lowest BCUT2D eigenvalue weighted by Gasteiger charge is -2.08. The van der Waals surface area contributed by atoms with Crippen molar-refractivity contribution in [3.05, 3.63) is 56.7 Å². The molecular weight excluding hydrogens is 535 g/mol. The molecule has 0 unspecified atom stereocenters. The molecule has 9 nitrogen and oxygen atoms in total. The Balaban J connectivity index is 1.34. The molecule has 3 aliphatic heterocycles. The summed E-state index contributed by atoms with van der Waals surface area (Å²) >= 11 is 6.28. The van der Waals surface area contributed by atoms with Crippen LogP contribution < -0.4 is 21.3 Å². The van der Waals surface area contributed by atoms with Gasteiger partial charge >= 0.3 is 0 Å². The zero-order valence-electron chi connectivity index (χ0n) is 18.8. The maximum Gasteiger partial charge on any atom is 0.285 e. The van der Waals surface area contributed by atoms with Gasteiger partial charge in [-0.05, 0) is 24.6 Å². The van der Waals surface area contributed by atoms with Crippen molar-refractivity contribution in [2.24, 2.45) is 10.8 Å². The van der Waals surface area contributed by atoms with Crippen molar-refractivity contribution in [2.75, 3.05) is 5.01 Å². The number of hydrogen-bond donors (Lipinski definition) is 2. The second kappa shape index (κ2) is 9.14. The largest absolute Gasteiger partial charge is 0.364 e. The van der Waals surface area contributed by atoms with Gasteiger partial charge in [-0.3, -0.25) is 14.7 Å². The van der Waals surface area contributed by atoms with Crippen LogP contribution in [0.4, 0.5) is 5.95 Å². The highest BCUT2D eigenvalue weighted by Gasteiger charge is 2.37. The number of hydrazone groups is 1. The Morgan fingerprint density at radius 1 is 1.06 bits per heavy atom. The number of hydrogen-bond acceptors (Lipinski definition) is 10. The van der Waals surface area contributed by atoms with Gasteiger partial charge in [0.2, 0.25) is 0 Å². The Labute approximate surface area is 222 Å². The van der Waals surface area contributed by atoms with Crippen LogP contribution >= 0.6 is 47.0 Å². The molecule has 5 heterocycles. The van der Waals surface area contributed by atoms with Crippen molar-refractivity contribution in [1.29, 1.82) is 0 Å². The minimum absolute atomic E-state index is 0.195. The topological polar surface area (TPSA) is 130 Å². The van der Waals surface area contributed by atoms with Crippen LogP contribution in [-0.2, 0) is 4.79 Å². The first-order valence-electron chi connectivity index (χ1n) is 10.8. The van der Waals surface area contributed by atoms with Gasteiger partial charge in [-0.2, -0.15) is 15.2 Å². The summed E-state index contributed by atoms with van der Waals surface area (Å²) in [5.74, 6) is -0.529. The number of thioether (sulfide) groups is 4. The number of carbonyl (C=O) groups is 2. The number of benzene rings is 1. The molecule has 6 rings (SSSR count). The molecule has 0 atom stereocenters. The normalized spacial score (nSPS) is 16.6. The number of amides is 2. The van der Waals surface area contributed by atoms with Crippen LogP contribution in [-0.4, -0.2) is 37.7 Å². The standard InChI is InChI=1S/C23H17N7O2S4/c1-3-5-11-17(20(32)30(29-11)23-25-6-4-7-26-23)22-35-14-8-12-13(9-15(14)36-22)34-21(33-12)16-10(2)27-28-18(16)19(24)31/h4,6-9,27H,2-3,5H2,1H3,(H2,24,31). The Hall–Kier alpha value is -3.00. The number of nitrogens with one attached hydrogen (secondary N) is 1. The van der Waals surface area contributed by atoms with E-state index in [0.29, 0.717) is 22.6 Å². The second-order valence-corrected chi connectivity index (χ2v) is 12.6. The third-order valence-electron chi connectivity index (χ3n) is 5.45. The van der Waals surface area contributed by atoms with Crippen LogP contribution in [0.25, 0.3) is 10.8 Å². The van der Waals surface area contributed by atoms with Gasteiger partial charge in [-0.25, -0.2) is 9.97 Å². The molecule has 0 fully saturated rings. The average molecular weight is 552 g/mol. The van der Waals surface area contributed by atoms with Crippen LogP contribution in [0.3, 0.4) is 0 Å². The van der Waals surface area contributed by atoms with Gasteiger partial charge in [0.05, 0.1) is 30.3 Å². The van der Waals surface area contributed by atoms with E-state index in [9.17, 15) is 9.59 Å². The van der Waals surface area contributed by atoms with Crippen molar-refractivity contribution in [1.82, 2.24) is 20.2 Å². The molecule has 3 aromatic rings. The van der Waals surface area contributed by atoms with E-state index in [1.807, 2.05) is 0 Å². The Bertz CT molecular complexity index is 1590. The van der Waals surface area contributed by atoms with Gasteiger partial charge in [-0.15, -0.1) is 0 Å². The van der Waals surface area contributed by atoms with Crippen molar-refractivity contribution < 1.29 is 9.59 Å². The Morgan fingerprint density at radius 3 is 2.25 bits per heavy atom. The van der Waals surface area contributed by atoms with Gasteiger partial charge < -0.3 is 5.73 Å². The smallest absolute Gasteiger partial charge is 0.285 e. The van der Waals surface area contributed by atoms with Crippen LogP contribution in [0.5, 0.6) is 0 Å². The summed E-state index contributed by atoms with van der Waals surface area (Å²) in [5.41, 5.74) is 7.07. The van der Waals surface area contributed by atoms with Gasteiger partial charge in [0.25, 0.3) is 17.8 Å². The van der Waals surface area contributed by atoms with E-state index in [1.54, 1.807) is 65.5 Å². The van der Waals surface area contributed by atoms with Crippen LogP contribution in [0.2, 0.25) is 0 Å². The number of H-pyrrole nitrogens is 1. The van der Waals surface area contributed by atoms with E-state index in [2.05, 4.69) is 50.9 Å². The maximum atomic E-state index is 13.4. The monoisotopic (exact) mass is 551 g/mol. The molecule has 2 amide bonds. The number of aromatic nitrogens is 4. The lowest BCUT2D eigenvalue weighted by molar-refractivity contribution is -0.114.